The third-order valence-electron chi connectivity index (χ3n) is 9.40. The zero-order valence-electron chi connectivity index (χ0n) is 22.1. The Hall–Kier alpha value is -2.82. The van der Waals surface area contributed by atoms with Crippen molar-refractivity contribution < 1.29 is 23.1 Å². The Morgan fingerprint density at radius 3 is 2.51 bits per heavy atom. The summed E-state index contributed by atoms with van der Waals surface area (Å²) in [6, 6.07) is 8.75. The van der Waals surface area contributed by atoms with Crippen LogP contribution in [0.2, 0.25) is 0 Å². The highest BCUT2D eigenvalue weighted by Crippen LogP contribution is 2.54. The number of nitrogens with zero attached hydrogens (tertiary/aromatic N) is 2. The molecule has 5 aliphatic rings. The first-order chi connectivity index (χ1) is 18.8. The predicted molar refractivity (Wildman–Crippen MR) is 149 cm³/mol. The molecule has 3 aliphatic heterocycles. The van der Waals surface area contributed by atoms with Crippen LogP contribution in [0.15, 0.2) is 35.2 Å². The Morgan fingerprint density at radius 2 is 1.79 bits per heavy atom. The number of anilines is 3. The summed E-state index contributed by atoms with van der Waals surface area (Å²) in [6.45, 7) is 4.00. The number of fused-ring (bicyclic) bond motifs is 2. The van der Waals surface area contributed by atoms with E-state index in [4.69, 9.17) is 9.84 Å². The molecule has 2 aromatic rings. The highest BCUT2D eigenvalue weighted by Gasteiger charge is 2.46. The molecule has 2 aliphatic carbocycles. The van der Waals surface area contributed by atoms with Crippen molar-refractivity contribution in [2.24, 2.45) is 17.3 Å². The molecule has 1 amide bonds. The van der Waals surface area contributed by atoms with Gasteiger partial charge in [0.2, 0.25) is 10.0 Å². The number of nitrogens with one attached hydrogen (secondary N) is 2. The van der Waals surface area contributed by atoms with Crippen molar-refractivity contribution in [3.8, 4) is 5.75 Å². The summed E-state index contributed by atoms with van der Waals surface area (Å²) in [5.74, 6) is 2.24. The van der Waals surface area contributed by atoms with Crippen molar-refractivity contribution in [1.29, 1.82) is 0 Å². The third-order valence-corrected chi connectivity index (χ3v) is 10.9. The predicted octanol–water partition coefficient (Wildman–Crippen LogP) is 2.98. The largest absolute Gasteiger partial charge is 0.491 e. The van der Waals surface area contributed by atoms with Crippen LogP contribution in [0.5, 0.6) is 5.75 Å². The lowest BCUT2D eigenvalue weighted by Gasteiger charge is -2.35. The molecule has 1 spiro atoms. The van der Waals surface area contributed by atoms with E-state index >= 15 is 0 Å². The van der Waals surface area contributed by atoms with Crippen LogP contribution in [-0.2, 0) is 16.4 Å². The number of ether oxygens (including phenoxy) is 1. The molecule has 2 saturated heterocycles. The van der Waals surface area contributed by atoms with Crippen LogP contribution in [-0.4, -0.2) is 65.4 Å². The molecule has 208 valence electrons. The molecule has 2 atom stereocenters. The van der Waals surface area contributed by atoms with E-state index in [1.165, 1.54) is 25.3 Å². The van der Waals surface area contributed by atoms with E-state index in [0.29, 0.717) is 23.3 Å². The molecular formula is C29H36N4O5S. The van der Waals surface area contributed by atoms with Crippen molar-refractivity contribution in [3.63, 3.8) is 0 Å². The molecule has 2 unspecified atom stereocenters. The Bertz CT molecular complexity index is 1400. The van der Waals surface area contributed by atoms with Gasteiger partial charge in [-0.05, 0) is 79.7 Å². The van der Waals surface area contributed by atoms with Crippen molar-refractivity contribution in [2.45, 2.75) is 43.4 Å². The number of carbonyl (C=O) groups is 1. The molecule has 0 radical (unpaired) electrons. The molecule has 0 bridgehead atoms. The van der Waals surface area contributed by atoms with Gasteiger partial charge in [0.1, 0.15) is 5.75 Å². The van der Waals surface area contributed by atoms with Gasteiger partial charge in [-0.2, -0.15) is 0 Å². The van der Waals surface area contributed by atoms with E-state index in [2.05, 4.69) is 19.8 Å². The van der Waals surface area contributed by atoms with Gasteiger partial charge in [-0.1, -0.05) is 0 Å². The van der Waals surface area contributed by atoms with Gasteiger partial charge in [0.15, 0.2) is 0 Å². The summed E-state index contributed by atoms with van der Waals surface area (Å²) in [6.07, 6.45) is 6.79. The standard InChI is InChI=1S/C29H36N4O5S/c34-11-8-30-39(36,37)23-1-2-24(25(16-23)32-9-6-29(4-5-29)7-10-32)31-28(35)20-13-19-3-12-38-27(19)26(15-20)33-17-21-14-22(21)18-33/h1-2,13,15-16,21-22,30,34H,3-12,14,17-18H2,(H,31,35). The zero-order chi connectivity index (χ0) is 26.8. The lowest BCUT2D eigenvalue weighted by Crippen LogP contribution is -2.35. The maximum Gasteiger partial charge on any atom is 0.255 e. The lowest BCUT2D eigenvalue weighted by atomic mass is 9.93. The van der Waals surface area contributed by atoms with Crippen LogP contribution in [0.1, 0.15) is 48.0 Å². The highest BCUT2D eigenvalue weighted by atomic mass is 32.2. The quantitative estimate of drug-likeness (QED) is 0.462. The SMILES string of the molecule is O=C(Nc1ccc(S(=O)(=O)NCCO)cc1N1CCC2(CC1)CC2)c1cc2c(c(N3CC4CC4C3)c1)OCC2. The summed E-state index contributed by atoms with van der Waals surface area (Å²) < 4.78 is 34.1. The van der Waals surface area contributed by atoms with Crippen LogP contribution < -0.4 is 24.6 Å². The first kappa shape index (κ1) is 25.2. The van der Waals surface area contributed by atoms with E-state index in [9.17, 15) is 13.2 Å². The fraction of sp³-hybridized carbons (Fsp3) is 0.552. The van der Waals surface area contributed by atoms with Crippen LogP contribution in [0.3, 0.4) is 0 Å². The van der Waals surface area contributed by atoms with Gasteiger partial charge in [-0.15, -0.1) is 0 Å². The first-order valence-corrected chi connectivity index (χ1v) is 15.7. The molecule has 39 heavy (non-hydrogen) atoms. The van der Waals surface area contributed by atoms with Crippen LogP contribution in [0.25, 0.3) is 0 Å². The average molecular weight is 553 g/mol. The molecule has 3 N–H and O–H groups in total. The molecule has 0 aromatic heterocycles. The molecule has 2 aromatic carbocycles. The number of amides is 1. The fourth-order valence-electron chi connectivity index (χ4n) is 6.65. The third kappa shape index (κ3) is 4.76. The minimum atomic E-state index is -3.78. The normalized spacial score (nSPS) is 24.3. The van der Waals surface area contributed by atoms with E-state index in [-0.39, 0.29) is 24.0 Å². The van der Waals surface area contributed by atoms with Gasteiger partial charge < -0.3 is 25.0 Å². The van der Waals surface area contributed by atoms with Gasteiger partial charge in [0.25, 0.3) is 5.91 Å². The minimum Gasteiger partial charge on any atom is -0.491 e. The molecule has 7 rings (SSSR count). The first-order valence-electron chi connectivity index (χ1n) is 14.2. The average Bonchev–Trinajstić information content (AvgIpc) is 3.76. The van der Waals surface area contributed by atoms with Crippen LogP contribution in [0.4, 0.5) is 17.1 Å². The Balaban J connectivity index is 1.18. The second kappa shape index (κ2) is 9.38. The van der Waals surface area contributed by atoms with E-state index in [1.54, 1.807) is 12.1 Å². The fourth-order valence-corrected chi connectivity index (χ4v) is 7.69. The van der Waals surface area contributed by atoms with Gasteiger partial charge in [-0.3, -0.25) is 4.79 Å². The zero-order valence-corrected chi connectivity index (χ0v) is 22.9. The van der Waals surface area contributed by atoms with E-state index in [1.807, 2.05) is 12.1 Å². The number of hydrogen-bond donors (Lipinski definition) is 3. The maximum absolute atomic E-state index is 13.7. The van der Waals surface area contributed by atoms with Gasteiger partial charge in [-0.25, -0.2) is 13.1 Å². The van der Waals surface area contributed by atoms with Crippen molar-refractivity contribution in [1.82, 2.24) is 4.72 Å². The number of rotatable bonds is 8. The maximum atomic E-state index is 13.7. The number of aliphatic hydroxyl groups excluding tert-OH is 1. The molecule has 10 heteroatoms. The number of hydrogen-bond acceptors (Lipinski definition) is 7. The van der Waals surface area contributed by atoms with Crippen LogP contribution >= 0.6 is 0 Å². The number of carbonyl (C=O) groups excluding carboxylic acids is 1. The minimum absolute atomic E-state index is 0.0503. The van der Waals surface area contributed by atoms with E-state index < -0.39 is 10.0 Å². The number of piperidine rings is 2. The van der Waals surface area contributed by atoms with Crippen LogP contribution in [0, 0.1) is 17.3 Å². The Morgan fingerprint density at radius 1 is 1.03 bits per heavy atom. The summed E-state index contributed by atoms with van der Waals surface area (Å²) >= 11 is 0. The summed E-state index contributed by atoms with van der Waals surface area (Å²) in [5.41, 5.74) is 4.47. The number of sulfonamides is 1. The molecular weight excluding hydrogens is 516 g/mol. The summed E-state index contributed by atoms with van der Waals surface area (Å²) in [4.78, 5) is 18.4. The Labute approximate surface area is 229 Å². The second-order valence-electron chi connectivity index (χ2n) is 12.0. The summed E-state index contributed by atoms with van der Waals surface area (Å²) in [7, 11) is -3.78. The molecule has 2 saturated carbocycles. The van der Waals surface area contributed by atoms with Crippen molar-refractivity contribution in [2.75, 3.05) is 61.1 Å². The van der Waals surface area contributed by atoms with E-state index in [0.717, 1.165) is 80.0 Å². The smallest absolute Gasteiger partial charge is 0.255 e. The number of benzene rings is 2. The number of aliphatic hydroxyl groups is 1. The monoisotopic (exact) mass is 552 g/mol. The second-order valence-corrected chi connectivity index (χ2v) is 13.8. The van der Waals surface area contributed by atoms with Crippen molar-refractivity contribution >= 4 is 33.0 Å². The molecule has 9 nitrogen and oxygen atoms in total. The van der Waals surface area contributed by atoms with Gasteiger partial charge in [0.05, 0.1) is 35.2 Å². The Kier molecular flexibility index (Phi) is 6.06. The van der Waals surface area contributed by atoms with Gasteiger partial charge >= 0.3 is 0 Å². The topological polar surface area (TPSA) is 111 Å². The van der Waals surface area contributed by atoms with Gasteiger partial charge in [0, 0.05) is 50.3 Å². The summed E-state index contributed by atoms with van der Waals surface area (Å²) in [5, 5.41) is 12.2. The molecule has 4 fully saturated rings. The highest BCUT2D eigenvalue weighted by molar-refractivity contribution is 7.89. The lowest BCUT2D eigenvalue weighted by molar-refractivity contribution is 0.102. The molecule has 3 heterocycles. The van der Waals surface area contributed by atoms with Crippen molar-refractivity contribution in [3.05, 3.63) is 41.5 Å².